The van der Waals surface area contributed by atoms with Gasteiger partial charge in [0.15, 0.2) is 23.1 Å². The summed E-state index contributed by atoms with van der Waals surface area (Å²) >= 11 is 6.90. The van der Waals surface area contributed by atoms with Crippen LogP contribution in [0.25, 0.3) is 0 Å². The molecule has 0 fully saturated rings. The zero-order valence-electron chi connectivity index (χ0n) is 23.5. The number of nitrogens with zero attached hydrogens (tertiary/aromatic N) is 1. The van der Waals surface area contributed by atoms with Gasteiger partial charge in [-0.3, -0.25) is 9.59 Å². The molecule has 5 rings (SSSR count). The molecule has 0 unspecified atom stereocenters. The first-order valence-corrected chi connectivity index (χ1v) is 14.7. The molecular weight excluding hydrogens is 510 g/mol. The fourth-order valence-electron chi connectivity index (χ4n) is 6.51. The van der Waals surface area contributed by atoms with Gasteiger partial charge >= 0.3 is 0 Å². The van der Waals surface area contributed by atoms with Crippen LogP contribution in [0.4, 0.5) is 0 Å². The first kappa shape index (κ1) is 27.5. The zero-order chi connectivity index (χ0) is 27.7. The van der Waals surface area contributed by atoms with E-state index in [-0.39, 0.29) is 11.6 Å². The van der Waals surface area contributed by atoms with E-state index in [4.69, 9.17) is 21.1 Å². The van der Waals surface area contributed by atoms with Crippen molar-refractivity contribution >= 4 is 23.2 Å². The van der Waals surface area contributed by atoms with Crippen molar-refractivity contribution in [2.45, 2.75) is 85.2 Å². The number of allylic oxidation sites excluding steroid dienone is 4. The predicted molar refractivity (Wildman–Crippen MR) is 154 cm³/mol. The molecule has 39 heavy (non-hydrogen) atoms. The van der Waals surface area contributed by atoms with Crippen LogP contribution in [-0.4, -0.2) is 29.6 Å². The number of hydrogen-bond donors (Lipinski definition) is 0. The number of carbonyl (C=O) groups is 2. The summed E-state index contributed by atoms with van der Waals surface area (Å²) in [6.07, 6.45) is 5.37. The summed E-state index contributed by atoms with van der Waals surface area (Å²) in [4.78, 5) is 29.3. The standard InChI is InChI=1S/C33H38ClNO4/c1-5-13-35-25-9-7-11-27(36)31(25)30(32-26(35)10-8-12-28(32)37)23-17-24(34)33(29(18-23)38-6-2)39-19-22-15-20(3)14-21(4)16-22/h14-18,30H,5-13,19H2,1-4H3. The molecule has 0 saturated carbocycles. The van der Waals surface area contributed by atoms with E-state index in [0.717, 1.165) is 72.3 Å². The highest BCUT2D eigenvalue weighted by Crippen LogP contribution is 2.51. The number of Topliss-reactive ketones (excluding diaryl/α,β-unsaturated/α-hetero) is 2. The van der Waals surface area contributed by atoms with Gasteiger partial charge < -0.3 is 14.4 Å². The van der Waals surface area contributed by atoms with E-state index in [2.05, 4.69) is 43.9 Å². The Morgan fingerprint density at radius 1 is 0.846 bits per heavy atom. The number of halogens is 1. The number of ether oxygens (including phenoxy) is 2. The summed E-state index contributed by atoms with van der Waals surface area (Å²) in [5.41, 5.74) is 7.96. The van der Waals surface area contributed by atoms with Gasteiger partial charge in [-0.1, -0.05) is 47.9 Å². The van der Waals surface area contributed by atoms with Gasteiger partial charge in [0.2, 0.25) is 0 Å². The molecule has 0 amide bonds. The van der Waals surface area contributed by atoms with Gasteiger partial charge in [-0.15, -0.1) is 0 Å². The molecule has 2 aliphatic carbocycles. The fourth-order valence-corrected chi connectivity index (χ4v) is 6.78. The second-order valence-electron chi connectivity index (χ2n) is 10.9. The maximum atomic E-state index is 13.5. The Kier molecular flexibility index (Phi) is 8.18. The van der Waals surface area contributed by atoms with Crippen molar-refractivity contribution in [3.63, 3.8) is 0 Å². The quantitative estimate of drug-likeness (QED) is 0.338. The van der Waals surface area contributed by atoms with Crippen LogP contribution in [0.2, 0.25) is 5.02 Å². The SMILES string of the molecule is CCCN1C2=C(C(=O)CCC2)C(c2cc(Cl)c(OCc3cc(C)cc(C)c3)c(OCC)c2)C2=C1CCCC2=O. The molecular formula is C33H38ClNO4. The lowest BCUT2D eigenvalue weighted by molar-refractivity contribution is -0.117. The third kappa shape index (κ3) is 5.38. The van der Waals surface area contributed by atoms with Gasteiger partial charge in [-0.25, -0.2) is 0 Å². The van der Waals surface area contributed by atoms with Crippen molar-refractivity contribution in [3.8, 4) is 11.5 Å². The van der Waals surface area contributed by atoms with Crippen LogP contribution >= 0.6 is 11.6 Å². The van der Waals surface area contributed by atoms with Crippen LogP contribution in [0, 0.1) is 13.8 Å². The normalized spacial score (nSPS) is 17.9. The molecule has 2 aromatic rings. The molecule has 0 N–H and O–H groups in total. The lowest BCUT2D eigenvalue weighted by Crippen LogP contribution is -2.39. The molecule has 3 aliphatic rings. The molecule has 0 aromatic heterocycles. The number of hydrogen-bond acceptors (Lipinski definition) is 5. The van der Waals surface area contributed by atoms with Gasteiger partial charge in [-0.2, -0.15) is 0 Å². The summed E-state index contributed by atoms with van der Waals surface area (Å²) in [7, 11) is 0. The van der Waals surface area contributed by atoms with E-state index in [9.17, 15) is 9.59 Å². The van der Waals surface area contributed by atoms with Gasteiger partial charge in [-0.05, 0) is 76.1 Å². The summed E-state index contributed by atoms with van der Waals surface area (Å²) in [5.74, 6) is 0.872. The minimum Gasteiger partial charge on any atom is -0.490 e. The lowest BCUT2D eigenvalue weighted by Gasteiger charge is -2.44. The molecule has 6 heteroatoms. The molecule has 0 radical (unpaired) electrons. The van der Waals surface area contributed by atoms with E-state index in [1.54, 1.807) is 0 Å². The van der Waals surface area contributed by atoms with Crippen LogP contribution in [-0.2, 0) is 16.2 Å². The van der Waals surface area contributed by atoms with Crippen LogP contribution < -0.4 is 9.47 Å². The van der Waals surface area contributed by atoms with Crippen LogP contribution in [0.5, 0.6) is 11.5 Å². The zero-order valence-corrected chi connectivity index (χ0v) is 24.2. The highest BCUT2D eigenvalue weighted by Gasteiger charge is 2.43. The van der Waals surface area contributed by atoms with Crippen molar-refractivity contribution < 1.29 is 19.1 Å². The molecule has 1 aliphatic heterocycles. The highest BCUT2D eigenvalue weighted by atomic mass is 35.5. The monoisotopic (exact) mass is 547 g/mol. The van der Waals surface area contributed by atoms with Gasteiger partial charge in [0, 0.05) is 47.8 Å². The van der Waals surface area contributed by atoms with Crippen molar-refractivity contribution in [1.82, 2.24) is 4.90 Å². The topological polar surface area (TPSA) is 55.8 Å². The Hall–Kier alpha value is -3.05. The number of carbonyl (C=O) groups excluding carboxylic acids is 2. The Morgan fingerprint density at radius 3 is 2.03 bits per heavy atom. The second kappa shape index (κ2) is 11.6. The van der Waals surface area contributed by atoms with E-state index >= 15 is 0 Å². The Morgan fingerprint density at radius 2 is 1.46 bits per heavy atom. The Balaban J connectivity index is 1.60. The molecule has 0 atom stereocenters. The van der Waals surface area contributed by atoms with Gasteiger partial charge in [0.1, 0.15) is 6.61 Å². The average molecular weight is 548 g/mol. The van der Waals surface area contributed by atoms with Crippen molar-refractivity contribution in [2.75, 3.05) is 13.2 Å². The summed E-state index contributed by atoms with van der Waals surface area (Å²) in [5, 5.41) is 0.423. The van der Waals surface area contributed by atoms with Crippen LogP contribution in [0.1, 0.15) is 87.0 Å². The van der Waals surface area contributed by atoms with Crippen molar-refractivity contribution in [2.24, 2.45) is 0 Å². The van der Waals surface area contributed by atoms with Gasteiger partial charge in [0.05, 0.1) is 11.6 Å². The van der Waals surface area contributed by atoms with E-state index < -0.39 is 5.92 Å². The van der Waals surface area contributed by atoms with E-state index in [0.29, 0.717) is 42.6 Å². The maximum absolute atomic E-state index is 13.5. The van der Waals surface area contributed by atoms with Crippen molar-refractivity contribution in [1.29, 1.82) is 0 Å². The fraction of sp³-hybridized carbons (Fsp3) is 0.455. The first-order valence-electron chi connectivity index (χ1n) is 14.3. The Bertz CT molecular complexity index is 1310. The van der Waals surface area contributed by atoms with E-state index in [1.807, 2.05) is 19.1 Å². The third-order valence-electron chi connectivity index (χ3n) is 7.86. The molecule has 206 valence electrons. The molecule has 1 heterocycles. The maximum Gasteiger partial charge on any atom is 0.180 e. The van der Waals surface area contributed by atoms with Crippen LogP contribution in [0.15, 0.2) is 52.9 Å². The minimum absolute atomic E-state index is 0.136. The average Bonchev–Trinajstić information content (AvgIpc) is 2.88. The van der Waals surface area contributed by atoms with Gasteiger partial charge in [0.25, 0.3) is 0 Å². The smallest absolute Gasteiger partial charge is 0.180 e. The summed E-state index contributed by atoms with van der Waals surface area (Å²) in [6, 6.07) is 10.1. The van der Waals surface area contributed by atoms with Crippen molar-refractivity contribution in [3.05, 3.63) is 80.1 Å². The third-order valence-corrected chi connectivity index (χ3v) is 8.14. The number of benzene rings is 2. The second-order valence-corrected chi connectivity index (χ2v) is 11.3. The minimum atomic E-state index is -0.422. The number of aryl methyl sites for hydroxylation is 2. The molecule has 0 spiro atoms. The lowest BCUT2D eigenvalue weighted by atomic mass is 9.71. The molecule has 2 aromatic carbocycles. The summed E-state index contributed by atoms with van der Waals surface area (Å²) < 4.78 is 12.3. The predicted octanol–water partition coefficient (Wildman–Crippen LogP) is 7.76. The van der Waals surface area contributed by atoms with E-state index in [1.165, 1.54) is 11.1 Å². The highest BCUT2D eigenvalue weighted by molar-refractivity contribution is 6.32. The Labute approximate surface area is 236 Å². The molecule has 5 nitrogen and oxygen atoms in total. The number of rotatable bonds is 8. The molecule has 0 bridgehead atoms. The summed E-state index contributed by atoms with van der Waals surface area (Å²) in [6.45, 7) is 9.83. The largest absolute Gasteiger partial charge is 0.490 e. The molecule has 0 saturated heterocycles. The number of ketones is 2. The first-order chi connectivity index (χ1) is 18.8. The van der Waals surface area contributed by atoms with Crippen LogP contribution in [0.3, 0.4) is 0 Å².